The zero-order valence-electron chi connectivity index (χ0n) is 13.0. The molecule has 0 saturated carbocycles. The van der Waals surface area contributed by atoms with Crippen molar-refractivity contribution in [2.75, 3.05) is 5.32 Å². The van der Waals surface area contributed by atoms with Gasteiger partial charge in [0.2, 0.25) is 0 Å². The van der Waals surface area contributed by atoms with E-state index in [1.807, 2.05) is 36.6 Å². The molecule has 4 N–H and O–H groups in total. The lowest BCUT2D eigenvalue weighted by atomic mass is 10.2. The molecule has 2 aromatic carbocycles. The van der Waals surface area contributed by atoms with Crippen molar-refractivity contribution in [3.8, 4) is 5.75 Å². The van der Waals surface area contributed by atoms with Gasteiger partial charge in [-0.25, -0.2) is 5.84 Å². The number of carbonyl (C=O) groups is 2. The first kappa shape index (κ1) is 16.5. The Hall–Kier alpha value is -2.86. The molecule has 0 aliphatic carbocycles. The van der Waals surface area contributed by atoms with Gasteiger partial charge in [-0.15, -0.1) is 0 Å². The Morgan fingerprint density at radius 1 is 1.04 bits per heavy atom. The smallest absolute Gasteiger partial charge is 0.274 e. The molecule has 0 radical (unpaired) electrons. The fourth-order valence-electron chi connectivity index (χ4n) is 1.90. The van der Waals surface area contributed by atoms with E-state index in [1.165, 1.54) is 0 Å². The van der Waals surface area contributed by atoms with Crippen LogP contribution in [0.3, 0.4) is 0 Å². The highest BCUT2D eigenvalue weighted by molar-refractivity contribution is 6.04. The Bertz CT molecular complexity index is 681. The Kier molecular flexibility index (Phi) is 5.32. The minimum Gasteiger partial charge on any atom is -0.481 e. The molecule has 2 aromatic rings. The summed E-state index contributed by atoms with van der Waals surface area (Å²) in [4.78, 5) is 23.4. The number of carbonyl (C=O) groups excluding carboxylic acids is 2. The molecule has 2 rings (SSSR count). The molecule has 0 spiro atoms. The van der Waals surface area contributed by atoms with Gasteiger partial charge in [-0.05, 0) is 50.2 Å². The Labute approximate surface area is 134 Å². The van der Waals surface area contributed by atoms with Gasteiger partial charge in [-0.3, -0.25) is 15.0 Å². The van der Waals surface area contributed by atoms with E-state index in [4.69, 9.17) is 10.6 Å². The zero-order valence-corrected chi connectivity index (χ0v) is 13.0. The van der Waals surface area contributed by atoms with Crippen molar-refractivity contribution >= 4 is 17.5 Å². The van der Waals surface area contributed by atoms with E-state index in [0.29, 0.717) is 11.3 Å². The summed E-state index contributed by atoms with van der Waals surface area (Å²) in [7, 11) is 0. The van der Waals surface area contributed by atoms with Crippen LogP contribution in [0.2, 0.25) is 0 Å². The molecule has 0 aliphatic rings. The van der Waals surface area contributed by atoms with Gasteiger partial charge in [0.15, 0.2) is 6.10 Å². The molecule has 0 aromatic heterocycles. The third kappa shape index (κ3) is 4.55. The number of hydrogen-bond donors (Lipinski definition) is 3. The first-order valence-corrected chi connectivity index (χ1v) is 7.15. The number of nitrogens with two attached hydrogens (primary N) is 1. The predicted molar refractivity (Wildman–Crippen MR) is 88.0 cm³/mol. The molecule has 1 atom stereocenters. The van der Waals surface area contributed by atoms with E-state index in [-0.39, 0.29) is 5.91 Å². The van der Waals surface area contributed by atoms with E-state index >= 15 is 0 Å². The quantitative estimate of drug-likeness (QED) is 0.447. The molecule has 0 fully saturated rings. The van der Waals surface area contributed by atoms with E-state index in [0.717, 1.165) is 11.3 Å². The van der Waals surface area contributed by atoms with E-state index in [9.17, 15) is 9.59 Å². The van der Waals surface area contributed by atoms with Crippen molar-refractivity contribution < 1.29 is 14.3 Å². The number of anilines is 1. The maximum absolute atomic E-state index is 12.2. The maximum Gasteiger partial charge on any atom is 0.274 e. The summed E-state index contributed by atoms with van der Waals surface area (Å²) in [6, 6.07) is 14.1. The molecule has 2 amide bonds. The third-order valence-electron chi connectivity index (χ3n) is 3.25. The molecule has 6 nitrogen and oxygen atoms in total. The first-order chi connectivity index (χ1) is 11.0. The Balaban J connectivity index is 1.99. The first-order valence-electron chi connectivity index (χ1n) is 7.15. The minimum absolute atomic E-state index is 0.215. The van der Waals surface area contributed by atoms with Crippen LogP contribution in [0, 0.1) is 6.92 Å². The summed E-state index contributed by atoms with van der Waals surface area (Å²) in [5.74, 6) is 4.88. The van der Waals surface area contributed by atoms with Crippen LogP contribution in [-0.4, -0.2) is 17.9 Å². The van der Waals surface area contributed by atoms with E-state index in [2.05, 4.69) is 5.32 Å². The van der Waals surface area contributed by atoms with Gasteiger partial charge in [0.1, 0.15) is 5.75 Å². The molecule has 6 heteroatoms. The van der Waals surface area contributed by atoms with E-state index < -0.39 is 12.0 Å². The van der Waals surface area contributed by atoms with Gasteiger partial charge in [0.25, 0.3) is 11.8 Å². The fourth-order valence-corrected chi connectivity index (χ4v) is 1.90. The SMILES string of the molecule is Cc1ccc(NC(=O)c2ccc(O[C@@H](C)C(=O)NN)cc2)cc1. The Morgan fingerprint density at radius 3 is 2.22 bits per heavy atom. The van der Waals surface area contributed by atoms with Crippen LogP contribution in [0.1, 0.15) is 22.8 Å². The second kappa shape index (κ2) is 7.42. The molecular weight excluding hydrogens is 294 g/mol. The maximum atomic E-state index is 12.2. The average Bonchev–Trinajstić information content (AvgIpc) is 2.56. The average molecular weight is 313 g/mol. The molecule has 0 aliphatic heterocycles. The van der Waals surface area contributed by atoms with E-state index in [1.54, 1.807) is 31.2 Å². The van der Waals surface area contributed by atoms with Crippen LogP contribution in [0.4, 0.5) is 5.69 Å². The summed E-state index contributed by atoms with van der Waals surface area (Å²) in [6.45, 7) is 3.57. The van der Waals surface area contributed by atoms with Crippen molar-refractivity contribution in [1.82, 2.24) is 5.43 Å². The highest BCUT2D eigenvalue weighted by Gasteiger charge is 2.13. The van der Waals surface area contributed by atoms with Crippen LogP contribution in [0.25, 0.3) is 0 Å². The number of aryl methyl sites for hydroxylation is 1. The van der Waals surface area contributed by atoms with Crippen LogP contribution in [0.5, 0.6) is 5.75 Å². The van der Waals surface area contributed by atoms with Crippen LogP contribution in [0.15, 0.2) is 48.5 Å². The molecule has 0 bridgehead atoms. The van der Waals surface area contributed by atoms with Crippen molar-refractivity contribution in [3.05, 3.63) is 59.7 Å². The third-order valence-corrected chi connectivity index (χ3v) is 3.25. The van der Waals surface area contributed by atoms with Gasteiger partial charge in [-0.2, -0.15) is 0 Å². The molecule has 0 heterocycles. The van der Waals surface area contributed by atoms with Crippen LogP contribution < -0.4 is 21.3 Å². The second-order valence-electron chi connectivity index (χ2n) is 5.11. The number of benzene rings is 2. The van der Waals surface area contributed by atoms with Gasteiger partial charge in [0.05, 0.1) is 0 Å². The highest BCUT2D eigenvalue weighted by atomic mass is 16.5. The molecular formula is C17H19N3O3. The second-order valence-corrected chi connectivity index (χ2v) is 5.11. The lowest BCUT2D eigenvalue weighted by Gasteiger charge is -2.13. The standard InChI is InChI=1S/C17H19N3O3/c1-11-3-7-14(8-4-11)19-17(22)13-5-9-15(10-6-13)23-12(2)16(21)20-18/h3-10,12H,18H2,1-2H3,(H,19,22)(H,20,21)/t12-/m0/s1. The predicted octanol–water partition coefficient (Wildman–Crippen LogP) is 2.00. The van der Waals surface area contributed by atoms with Crippen molar-refractivity contribution in [2.24, 2.45) is 5.84 Å². The van der Waals surface area contributed by atoms with Crippen molar-refractivity contribution in [3.63, 3.8) is 0 Å². The number of ether oxygens (including phenoxy) is 1. The molecule has 23 heavy (non-hydrogen) atoms. The largest absolute Gasteiger partial charge is 0.481 e. The Morgan fingerprint density at radius 2 is 1.65 bits per heavy atom. The number of rotatable bonds is 5. The van der Waals surface area contributed by atoms with Gasteiger partial charge < -0.3 is 10.1 Å². The van der Waals surface area contributed by atoms with Crippen molar-refractivity contribution in [2.45, 2.75) is 20.0 Å². The topological polar surface area (TPSA) is 93.4 Å². The lowest BCUT2D eigenvalue weighted by Crippen LogP contribution is -2.40. The highest BCUT2D eigenvalue weighted by Crippen LogP contribution is 2.16. The van der Waals surface area contributed by atoms with Crippen LogP contribution in [-0.2, 0) is 4.79 Å². The van der Waals surface area contributed by atoms with Gasteiger partial charge in [-0.1, -0.05) is 17.7 Å². The number of hydrazine groups is 1. The minimum atomic E-state index is -0.716. The summed E-state index contributed by atoms with van der Waals surface area (Å²) in [5, 5.41) is 2.81. The molecule has 0 unspecified atom stereocenters. The summed E-state index contributed by atoms with van der Waals surface area (Å²) >= 11 is 0. The summed E-state index contributed by atoms with van der Waals surface area (Å²) < 4.78 is 5.41. The number of amides is 2. The normalized spacial score (nSPS) is 11.4. The number of hydrogen-bond acceptors (Lipinski definition) is 4. The van der Waals surface area contributed by atoms with Gasteiger partial charge in [0, 0.05) is 11.3 Å². The summed E-state index contributed by atoms with van der Waals surface area (Å²) in [5.41, 5.74) is 4.37. The van der Waals surface area contributed by atoms with Crippen molar-refractivity contribution in [1.29, 1.82) is 0 Å². The molecule has 120 valence electrons. The number of nitrogens with one attached hydrogen (secondary N) is 2. The van der Waals surface area contributed by atoms with Crippen LogP contribution >= 0.6 is 0 Å². The monoisotopic (exact) mass is 313 g/mol. The zero-order chi connectivity index (χ0) is 16.8. The molecule has 0 saturated heterocycles. The van der Waals surface area contributed by atoms with Gasteiger partial charge >= 0.3 is 0 Å². The fraction of sp³-hybridized carbons (Fsp3) is 0.176. The lowest BCUT2D eigenvalue weighted by molar-refractivity contribution is -0.127. The summed E-state index contributed by atoms with van der Waals surface area (Å²) in [6.07, 6.45) is -0.716.